The number of aromatic nitrogens is 2. The van der Waals surface area contributed by atoms with Crippen molar-refractivity contribution in [2.75, 3.05) is 39.6 Å². The van der Waals surface area contributed by atoms with Crippen molar-refractivity contribution < 1.29 is 23.3 Å². The molecule has 4 rings (SSSR count). The van der Waals surface area contributed by atoms with Gasteiger partial charge in [0.25, 0.3) is 0 Å². The molecule has 1 aromatic carbocycles. The summed E-state index contributed by atoms with van der Waals surface area (Å²) in [6, 6.07) is 10.7. The van der Waals surface area contributed by atoms with Crippen LogP contribution in [0.25, 0.3) is 16.9 Å². The summed E-state index contributed by atoms with van der Waals surface area (Å²) in [5.74, 6) is 0.450. The molecule has 0 aliphatic carbocycles. The van der Waals surface area contributed by atoms with Crippen molar-refractivity contribution in [3.8, 4) is 17.0 Å². The van der Waals surface area contributed by atoms with E-state index in [2.05, 4.69) is 4.98 Å². The van der Waals surface area contributed by atoms with Gasteiger partial charge in [0.2, 0.25) is 0 Å². The maximum atomic E-state index is 13.5. The summed E-state index contributed by atoms with van der Waals surface area (Å²) in [5.41, 5.74) is 2.47. The van der Waals surface area contributed by atoms with E-state index in [1.807, 2.05) is 24.3 Å². The molecular formula is C20H21FN2O4. The Morgan fingerprint density at radius 3 is 2.81 bits per heavy atom. The van der Waals surface area contributed by atoms with Crippen LogP contribution in [0.5, 0.6) is 5.75 Å². The van der Waals surface area contributed by atoms with Crippen molar-refractivity contribution in [1.82, 2.24) is 9.38 Å². The van der Waals surface area contributed by atoms with Gasteiger partial charge < -0.3 is 18.9 Å². The van der Waals surface area contributed by atoms with Gasteiger partial charge in [0.1, 0.15) is 29.9 Å². The first-order valence-electron chi connectivity index (χ1n) is 8.92. The number of halogens is 1. The van der Waals surface area contributed by atoms with E-state index in [0.717, 1.165) is 17.0 Å². The Kier molecular flexibility index (Phi) is 5.62. The number of hydrogen-bond acceptors (Lipinski definition) is 5. The topological polar surface area (TPSA) is 54.2 Å². The minimum atomic E-state index is -0.299. The van der Waals surface area contributed by atoms with E-state index in [1.165, 1.54) is 12.3 Å². The van der Waals surface area contributed by atoms with Gasteiger partial charge in [-0.2, -0.15) is 0 Å². The summed E-state index contributed by atoms with van der Waals surface area (Å²) in [5, 5.41) is 0. The highest BCUT2D eigenvalue weighted by atomic mass is 19.1. The van der Waals surface area contributed by atoms with E-state index in [-0.39, 0.29) is 11.9 Å². The largest absolute Gasteiger partial charge is 0.491 e. The zero-order valence-electron chi connectivity index (χ0n) is 14.8. The summed E-state index contributed by atoms with van der Waals surface area (Å²) < 4.78 is 37.3. The SMILES string of the molecule is Fc1ccc2ncc(-c3ccc(OCCOC[C@H]4COCCO4)cc3)n2c1. The van der Waals surface area contributed by atoms with Crippen LogP contribution in [0.3, 0.4) is 0 Å². The maximum Gasteiger partial charge on any atom is 0.139 e. The van der Waals surface area contributed by atoms with Gasteiger partial charge in [0.15, 0.2) is 0 Å². The molecule has 1 aliphatic heterocycles. The number of hydrogen-bond donors (Lipinski definition) is 0. The average Bonchev–Trinajstić information content (AvgIpc) is 3.12. The smallest absolute Gasteiger partial charge is 0.139 e. The first-order valence-corrected chi connectivity index (χ1v) is 8.92. The van der Waals surface area contributed by atoms with Gasteiger partial charge in [-0.1, -0.05) is 0 Å². The third-order valence-corrected chi connectivity index (χ3v) is 4.30. The van der Waals surface area contributed by atoms with Gasteiger partial charge in [-0.25, -0.2) is 9.37 Å². The van der Waals surface area contributed by atoms with Crippen LogP contribution in [0, 0.1) is 5.82 Å². The maximum absolute atomic E-state index is 13.5. The van der Waals surface area contributed by atoms with Gasteiger partial charge in [-0.05, 0) is 36.4 Å². The van der Waals surface area contributed by atoms with E-state index in [9.17, 15) is 4.39 Å². The fourth-order valence-electron chi connectivity index (χ4n) is 2.96. The lowest BCUT2D eigenvalue weighted by Gasteiger charge is -2.22. The van der Waals surface area contributed by atoms with Crippen LogP contribution in [0.1, 0.15) is 0 Å². The summed E-state index contributed by atoms with van der Waals surface area (Å²) in [6.07, 6.45) is 3.17. The fraction of sp³-hybridized carbons (Fsp3) is 0.350. The summed E-state index contributed by atoms with van der Waals surface area (Å²) in [7, 11) is 0. The molecule has 0 unspecified atom stereocenters. The first-order chi connectivity index (χ1) is 13.3. The second-order valence-electron chi connectivity index (χ2n) is 6.23. The summed E-state index contributed by atoms with van der Waals surface area (Å²) in [4.78, 5) is 4.30. The third-order valence-electron chi connectivity index (χ3n) is 4.30. The summed E-state index contributed by atoms with van der Waals surface area (Å²) >= 11 is 0. The molecule has 27 heavy (non-hydrogen) atoms. The molecule has 0 bridgehead atoms. The highest BCUT2D eigenvalue weighted by Gasteiger charge is 2.14. The van der Waals surface area contributed by atoms with Crippen molar-refractivity contribution >= 4 is 5.65 Å². The average molecular weight is 372 g/mol. The minimum absolute atomic E-state index is 0.00773. The van der Waals surface area contributed by atoms with E-state index < -0.39 is 0 Å². The Morgan fingerprint density at radius 2 is 2.00 bits per heavy atom. The van der Waals surface area contributed by atoms with Gasteiger partial charge in [0, 0.05) is 11.8 Å². The Labute approximate surface area is 156 Å². The monoisotopic (exact) mass is 372 g/mol. The molecular weight excluding hydrogens is 351 g/mol. The molecule has 0 radical (unpaired) electrons. The third kappa shape index (κ3) is 4.44. The number of benzene rings is 1. The molecule has 0 N–H and O–H groups in total. The lowest BCUT2D eigenvalue weighted by Crippen LogP contribution is -2.32. The molecule has 7 heteroatoms. The van der Waals surface area contributed by atoms with Gasteiger partial charge in [0.05, 0.1) is 44.9 Å². The van der Waals surface area contributed by atoms with Crippen molar-refractivity contribution in [3.63, 3.8) is 0 Å². The van der Waals surface area contributed by atoms with Crippen molar-refractivity contribution in [2.24, 2.45) is 0 Å². The van der Waals surface area contributed by atoms with E-state index in [0.29, 0.717) is 45.3 Å². The Hall–Kier alpha value is -2.48. The quantitative estimate of drug-likeness (QED) is 0.597. The predicted octanol–water partition coefficient (Wildman–Crippen LogP) is 2.95. The lowest BCUT2D eigenvalue weighted by molar-refractivity contribution is -0.116. The van der Waals surface area contributed by atoms with Crippen LogP contribution in [-0.4, -0.2) is 55.1 Å². The van der Waals surface area contributed by atoms with Crippen molar-refractivity contribution in [2.45, 2.75) is 6.10 Å². The van der Waals surface area contributed by atoms with Crippen molar-refractivity contribution in [1.29, 1.82) is 0 Å². The zero-order chi connectivity index (χ0) is 18.5. The van der Waals surface area contributed by atoms with Crippen LogP contribution in [0.2, 0.25) is 0 Å². The van der Waals surface area contributed by atoms with Gasteiger partial charge in [-0.15, -0.1) is 0 Å². The van der Waals surface area contributed by atoms with Gasteiger partial charge >= 0.3 is 0 Å². The molecule has 1 fully saturated rings. The van der Waals surface area contributed by atoms with Crippen LogP contribution >= 0.6 is 0 Å². The summed E-state index contributed by atoms with van der Waals surface area (Å²) in [6.45, 7) is 3.29. The van der Waals surface area contributed by atoms with Crippen LogP contribution in [0.15, 0.2) is 48.8 Å². The standard InChI is InChI=1S/C20H21FN2O4/c21-16-3-6-20-22-11-19(23(20)12-16)15-1-4-17(5-2-15)26-9-7-24-13-18-14-25-8-10-27-18/h1-6,11-12,18H,7-10,13-14H2/t18-/m0/s1. The second-order valence-corrected chi connectivity index (χ2v) is 6.23. The Bertz CT molecular complexity index is 875. The molecule has 1 atom stereocenters. The number of fused-ring (bicyclic) bond motifs is 1. The highest BCUT2D eigenvalue weighted by Crippen LogP contribution is 2.23. The molecule has 142 valence electrons. The number of pyridine rings is 1. The molecule has 3 aromatic rings. The van der Waals surface area contributed by atoms with E-state index >= 15 is 0 Å². The van der Waals surface area contributed by atoms with E-state index in [4.69, 9.17) is 18.9 Å². The molecule has 1 saturated heterocycles. The van der Waals surface area contributed by atoms with Crippen LogP contribution in [-0.2, 0) is 14.2 Å². The molecule has 1 aliphatic rings. The molecule has 0 spiro atoms. The first kappa shape index (κ1) is 17.9. The zero-order valence-corrected chi connectivity index (χ0v) is 14.8. The molecule has 2 aromatic heterocycles. The van der Waals surface area contributed by atoms with Gasteiger partial charge in [-0.3, -0.25) is 4.40 Å². The Balaban J connectivity index is 1.29. The van der Waals surface area contributed by atoms with Crippen LogP contribution < -0.4 is 4.74 Å². The predicted molar refractivity (Wildman–Crippen MR) is 97.5 cm³/mol. The highest BCUT2D eigenvalue weighted by molar-refractivity contribution is 5.64. The second kappa shape index (κ2) is 8.47. The number of rotatable bonds is 7. The number of nitrogens with zero attached hydrogens (tertiary/aromatic N) is 2. The Morgan fingerprint density at radius 1 is 1.11 bits per heavy atom. The molecule has 0 saturated carbocycles. The molecule has 6 nitrogen and oxygen atoms in total. The number of imidazole rings is 1. The number of ether oxygens (including phenoxy) is 4. The molecule has 3 heterocycles. The van der Waals surface area contributed by atoms with Crippen LogP contribution in [0.4, 0.5) is 4.39 Å². The van der Waals surface area contributed by atoms with E-state index in [1.54, 1.807) is 16.7 Å². The molecule has 0 amide bonds. The van der Waals surface area contributed by atoms with Crippen molar-refractivity contribution in [3.05, 3.63) is 54.6 Å². The minimum Gasteiger partial charge on any atom is -0.491 e. The normalized spacial score (nSPS) is 17.3. The fourth-order valence-corrected chi connectivity index (χ4v) is 2.96. The lowest BCUT2D eigenvalue weighted by atomic mass is 10.1.